The maximum atomic E-state index is 12.8. The number of carbonyl (C=O) groups excluding carboxylic acids is 1. The molecular formula is C25H28N2O2. The Balaban J connectivity index is 1.68. The van der Waals surface area contributed by atoms with Crippen LogP contribution in [0.5, 0.6) is 5.75 Å². The second-order valence-electron chi connectivity index (χ2n) is 7.06. The van der Waals surface area contributed by atoms with E-state index in [9.17, 15) is 4.79 Å². The molecule has 3 rings (SSSR count). The molecule has 2 amide bonds. The molecule has 4 heteroatoms. The molecule has 150 valence electrons. The van der Waals surface area contributed by atoms with Crippen molar-refractivity contribution in [2.24, 2.45) is 0 Å². The van der Waals surface area contributed by atoms with Crippen molar-refractivity contribution < 1.29 is 9.53 Å². The van der Waals surface area contributed by atoms with Gasteiger partial charge in [-0.3, -0.25) is 0 Å². The molecule has 0 saturated carbocycles. The van der Waals surface area contributed by atoms with Crippen molar-refractivity contribution in [2.75, 3.05) is 13.7 Å². The van der Waals surface area contributed by atoms with Crippen LogP contribution in [0.3, 0.4) is 0 Å². The molecule has 0 aliphatic heterocycles. The zero-order valence-corrected chi connectivity index (χ0v) is 17.3. The van der Waals surface area contributed by atoms with E-state index in [1.807, 2.05) is 75.5 Å². The van der Waals surface area contributed by atoms with E-state index in [0.29, 0.717) is 13.2 Å². The Bertz CT molecular complexity index is 940. The van der Waals surface area contributed by atoms with Crippen LogP contribution in [0.1, 0.15) is 31.0 Å². The van der Waals surface area contributed by atoms with E-state index in [1.165, 1.54) is 0 Å². The van der Waals surface area contributed by atoms with Gasteiger partial charge < -0.3 is 15.0 Å². The summed E-state index contributed by atoms with van der Waals surface area (Å²) >= 11 is 0. The second-order valence-corrected chi connectivity index (χ2v) is 7.06. The zero-order chi connectivity index (χ0) is 20.6. The number of nitrogens with one attached hydrogen (secondary N) is 1. The molecule has 29 heavy (non-hydrogen) atoms. The molecule has 3 aromatic rings. The summed E-state index contributed by atoms with van der Waals surface area (Å²) in [5, 5.41) is 3.08. The number of rotatable bonds is 7. The van der Waals surface area contributed by atoms with E-state index < -0.39 is 0 Å². The smallest absolute Gasteiger partial charge is 0.317 e. The Kier molecular flexibility index (Phi) is 6.90. The van der Waals surface area contributed by atoms with Crippen LogP contribution in [0.15, 0.2) is 78.9 Å². The van der Waals surface area contributed by atoms with Crippen molar-refractivity contribution in [3.63, 3.8) is 0 Å². The van der Waals surface area contributed by atoms with Crippen LogP contribution in [0.4, 0.5) is 4.79 Å². The molecule has 0 bridgehead atoms. The van der Waals surface area contributed by atoms with E-state index in [4.69, 9.17) is 4.74 Å². The average molecular weight is 389 g/mol. The lowest BCUT2D eigenvalue weighted by atomic mass is 9.99. The summed E-state index contributed by atoms with van der Waals surface area (Å²) < 4.78 is 5.56. The van der Waals surface area contributed by atoms with Gasteiger partial charge in [0.2, 0.25) is 0 Å². The highest BCUT2D eigenvalue weighted by molar-refractivity contribution is 5.75. The standard InChI is InChI=1S/C25H28N2O2/c1-4-29-23-15-10-14-21(17-23)19(2)26-25(28)27(3)18-22-13-8-9-16-24(22)20-11-6-5-7-12-20/h5-17,19H,4,18H2,1-3H3,(H,26,28). The van der Waals surface area contributed by atoms with Gasteiger partial charge in [0.25, 0.3) is 0 Å². The summed E-state index contributed by atoms with van der Waals surface area (Å²) in [6.07, 6.45) is 0. The Labute approximate surface area is 173 Å². The van der Waals surface area contributed by atoms with E-state index in [-0.39, 0.29) is 12.1 Å². The predicted molar refractivity (Wildman–Crippen MR) is 118 cm³/mol. The fraction of sp³-hybridized carbons (Fsp3) is 0.240. The van der Waals surface area contributed by atoms with Gasteiger partial charge in [0.05, 0.1) is 12.6 Å². The van der Waals surface area contributed by atoms with Gasteiger partial charge in [0.15, 0.2) is 0 Å². The van der Waals surface area contributed by atoms with Crippen molar-refractivity contribution in [3.05, 3.63) is 90.0 Å². The normalized spacial score (nSPS) is 11.6. The number of urea groups is 1. The lowest BCUT2D eigenvalue weighted by molar-refractivity contribution is 0.203. The van der Waals surface area contributed by atoms with Gasteiger partial charge in [-0.25, -0.2) is 4.79 Å². The third kappa shape index (κ3) is 5.38. The number of amides is 2. The summed E-state index contributed by atoms with van der Waals surface area (Å²) in [6.45, 7) is 5.09. The first kappa shape index (κ1) is 20.5. The molecule has 1 N–H and O–H groups in total. The molecule has 0 radical (unpaired) electrons. The predicted octanol–water partition coefficient (Wildman–Crippen LogP) is 5.65. The lowest BCUT2D eigenvalue weighted by Gasteiger charge is -2.23. The van der Waals surface area contributed by atoms with Crippen LogP contribution < -0.4 is 10.1 Å². The Morgan fingerprint density at radius 1 is 1.00 bits per heavy atom. The van der Waals surface area contributed by atoms with Gasteiger partial charge in [-0.15, -0.1) is 0 Å². The molecule has 1 unspecified atom stereocenters. The summed E-state index contributed by atoms with van der Waals surface area (Å²) in [6, 6.07) is 26.1. The van der Waals surface area contributed by atoms with Gasteiger partial charge in [-0.1, -0.05) is 66.7 Å². The Hall–Kier alpha value is -3.27. The Morgan fingerprint density at radius 2 is 1.72 bits per heavy atom. The summed E-state index contributed by atoms with van der Waals surface area (Å²) in [5.41, 5.74) is 4.42. The molecular weight excluding hydrogens is 360 g/mol. The number of ether oxygens (including phenoxy) is 1. The van der Waals surface area contributed by atoms with Gasteiger partial charge in [0.1, 0.15) is 5.75 Å². The van der Waals surface area contributed by atoms with E-state index in [2.05, 4.69) is 29.6 Å². The van der Waals surface area contributed by atoms with Crippen LogP contribution in [0, 0.1) is 0 Å². The first-order valence-corrected chi connectivity index (χ1v) is 9.96. The molecule has 0 heterocycles. The topological polar surface area (TPSA) is 41.6 Å². The zero-order valence-electron chi connectivity index (χ0n) is 17.3. The van der Waals surface area contributed by atoms with Gasteiger partial charge in [-0.05, 0) is 48.2 Å². The van der Waals surface area contributed by atoms with E-state index in [1.54, 1.807) is 4.90 Å². The third-order valence-corrected chi connectivity index (χ3v) is 4.87. The first-order chi connectivity index (χ1) is 14.1. The summed E-state index contributed by atoms with van der Waals surface area (Å²) in [7, 11) is 1.82. The summed E-state index contributed by atoms with van der Waals surface area (Å²) in [4.78, 5) is 14.5. The minimum atomic E-state index is -0.116. The summed E-state index contributed by atoms with van der Waals surface area (Å²) in [5.74, 6) is 0.816. The molecule has 0 aliphatic carbocycles. The maximum absolute atomic E-state index is 12.8. The molecule has 1 atom stereocenters. The van der Waals surface area contributed by atoms with Crippen LogP contribution >= 0.6 is 0 Å². The van der Waals surface area contributed by atoms with Crippen molar-refractivity contribution >= 4 is 6.03 Å². The first-order valence-electron chi connectivity index (χ1n) is 9.96. The van der Waals surface area contributed by atoms with Crippen molar-refractivity contribution in [2.45, 2.75) is 26.4 Å². The van der Waals surface area contributed by atoms with Gasteiger partial charge in [0, 0.05) is 13.6 Å². The number of nitrogens with zero attached hydrogens (tertiary/aromatic N) is 1. The van der Waals surface area contributed by atoms with Gasteiger partial charge in [-0.2, -0.15) is 0 Å². The van der Waals surface area contributed by atoms with Crippen LogP contribution in [-0.4, -0.2) is 24.6 Å². The molecule has 0 aliphatic rings. The molecule has 0 spiro atoms. The quantitative estimate of drug-likeness (QED) is 0.568. The minimum absolute atomic E-state index is 0.109. The van der Waals surface area contributed by atoms with Crippen molar-refractivity contribution in [1.29, 1.82) is 0 Å². The number of benzene rings is 3. The highest BCUT2D eigenvalue weighted by Crippen LogP contribution is 2.24. The molecule has 0 fully saturated rings. The van der Waals surface area contributed by atoms with Crippen LogP contribution in [0.2, 0.25) is 0 Å². The van der Waals surface area contributed by atoms with Crippen molar-refractivity contribution in [3.8, 4) is 16.9 Å². The third-order valence-electron chi connectivity index (χ3n) is 4.87. The van der Waals surface area contributed by atoms with Crippen molar-refractivity contribution in [1.82, 2.24) is 10.2 Å². The van der Waals surface area contributed by atoms with Crippen LogP contribution in [0.25, 0.3) is 11.1 Å². The maximum Gasteiger partial charge on any atom is 0.317 e. The fourth-order valence-corrected chi connectivity index (χ4v) is 3.30. The fourth-order valence-electron chi connectivity index (χ4n) is 3.30. The second kappa shape index (κ2) is 9.78. The molecule has 3 aromatic carbocycles. The molecule has 0 saturated heterocycles. The van der Waals surface area contributed by atoms with Gasteiger partial charge >= 0.3 is 6.03 Å². The number of hydrogen-bond acceptors (Lipinski definition) is 2. The van der Waals surface area contributed by atoms with Crippen LogP contribution in [-0.2, 0) is 6.54 Å². The minimum Gasteiger partial charge on any atom is -0.494 e. The molecule has 0 aromatic heterocycles. The van der Waals surface area contributed by atoms with E-state index in [0.717, 1.165) is 28.0 Å². The molecule has 4 nitrogen and oxygen atoms in total. The number of hydrogen-bond donors (Lipinski definition) is 1. The number of carbonyl (C=O) groups is 1. The highest BCUT2D eigenvalue weighted by Gasteiger charge is 2.15. The van der Waals surface area contributed by atoms with E-state index >= 15 is 0 Å². The average Bonchev–Trinajstić information content (AvgIpc) is 2.75. The monoisotopic (exact) mass is 388 g/mol. The Morgan fingerprint density at radius 3 is 2.48 bits per heavy atom. The largest absolute Gasteiger partial charge is 0.494 e. The lowest BCUT2D eigenvalue weighted by Crippen LogP contribution is -2.38. The SMILES string of the molecule is CCOc1cccc(C(C)NC(=O)N(C)Cc2ccccc2-c2ccccc2)c1. The highest BCUT2D eigenvalue weighted by atomic mass is 16.5.